The molecule has 1 aromatic rings. The van der Waals surface area contributed by atoms with Crippen molar-refractivity contribution in [3.63, 3.8) is 0 Å². The number of halogens is 2. The van der Waals surface area contributed by atoms with E-state index in [-0.39, 0.29) is 15.7 Å². The zero-order valence-corrected chi connectivity index (χ0v) is 8.74. The lowest BCUT2D eigenvalue weighted by molar-refractivity contribution is -0.112. The fourth-order valence-electron chi connectivity index (χ4n) is 1.41. The highest BCUT2D eigenvalue weighted by atomic mass is 79.9. The quantitative estimate of drug-likeness (QED) is 0.723. The summed E-state index contributed by atoms with van der Waals surface area (Å²) in [6.07, 6.45) is 0. The number of carbonyl (C=O) groups excluding carboxylic acids is 2. The minimum Gasteiger partial charge on any atom is -0.318 e. The molecule has 3 nitrogen and oxygen atoms in total. The molecule has 0 spiro atoms. The molecule has 0 unspecified atom stereocenters. The zero-order valence-electron chi connectivity index (χ0n) is 7.15. The van der Waals surface area contributed by atoms with Crippen molar-refractivity contribution in [2.75, 3.05) is 5.32 Å². The number of hydrogen-bond acceptors (Lipinski definition) is 2. The molecule has 14 heavy (non-hydrogen) atoms. The van der Waals surface area contributed by atoms with Crippen LogP contribution in [0.2, 0.25) is 0 Å². The molecule has 0 aliphatic carbocycles. The summed E-state index contributed by atoms with van der Waals surface area (Å²) in [5.41, 5.74) is 0.773. The van der Waals surface area contributed by atoms with Crippen LogP contribution in [0.5, 0.6) is 0 Å². The average Bonchev–Trinajstić information content (AvgIpc) is 2.41. The van der Waals surface area contributed by atoms with E-state index in [0.717, 1.165) is 0 Å². The molecule has 0 bridgehead atoms. The van der Waals surface area contributed by atoms with Crippen LogP contribution in [0.3, 0.4) is 0 Å². The summed E-state index contributed by atoms with van der Waals surface area (Å²) >= 11 is 2.98. The highest BCUT2D eigenvalue weighted by Gasteiger charge is 2.33. The van der Waals surface area contributed by atoms with Gasteiger partial charge in [-0.25, -0.2) is 4.39 Å². The Balaban J connectivity index is 2.80. The van der Waals surface area contributed by atoms with Gasteiger partial charge in [-0.2, -0.15) is 0 Å². The number of carbonyl (C=O) groups is 2. The largest absolute Gasteiger partial charge is 0.318 e. The molecule has 0 saturated heterocycles. The Morgan fingerprint density at radius 3 is 2.71 bits per heavy atom. The van der Waals surface area contributed by atoms with Crippen molar-refractivity contribution in [3.05, 3.63) is 27.5 Å². The molecule has 0 fully saturated rings. The van der Waals surface area contributed by atoms with Crippen LogP contribution >= 0.6 is 15.9 Å². The maximum Gasteiger partial charge on any atom is 0.296 e. The molecule has 0 saturated carbocycles. The summed E-state index contributed by atoms with van der Waals surface area (Å²) in [6, 6.07) is 1.52. The van der Waals surface area contributed by atoms with E-state index in [1.807, 2.05) is 0 Å². The first kappa shape index (κ1) is 9.33. The van der Waals surface area contributed by atoms with Gasteiger partial charge in [-0.15, -0.1) is 0 Å². The molecular weight excluding hydrogens is 253 g/mol. The zero-order chi connectivity index (χ0) is 10.5. The van der Waals surface area contributed by atoms with Gasteiger partial charge in [0.25, 0.3) is 11.7 Å². The van der Waals surface area contributed by atoms with Crippen LogP contribution in [0.4, 0.5) is 10.1 Å². The number of aryl methyl sites for hydroxylation is 1. The second-order valence-electron chi connectivity index (χ2n) is 3.02. The smallest absolute Gasteiger partial charge is 0.296 e. The molecule has 72 valence electrons. The van der Waals surface area contributed by atoms with Crippen LogP contribution in [0.15, 0.2) is 10.5 Å². The number of rotatable bonds is 0. The van der Waals surface area contributed by atoms with Gasteiger partial charge in [0.15, 0.2) is 5.82 Å². The monoisotopic (exact) mass is 257 g/mol. The number of amides is 1. The van der Waals surface area contributed by atoms with Gasteiger partial charge in [-0.3, -0.25) is 9.59 Å². The minimum atomic E-state index is -0.818. The Bertz CT molecular complexity index is 470. The van der Waals surface area contributed by atoms with Gasteiger partial charge in [0.1, 0.15) is 0 Å². The molecular formula is C9H5BrFNO2. The van der Waals surface area contributed by atoms with E-state index in [1.165, 1.54) is 6.07 Å². The number of benzene rings is 1. The predicted octanol–water partition coefficient (Wildman–Crippen LogP) is 2.03. The van der Waals surface area contributed by atoms with Crippen LogP contribution in [0, 0.1) is 12.7 Å². The summed E-state index contributed by atoms with van der Waals surface area (Å²) in [4.78, 5) is 22.3. The molecule has 1 amide bonds. The van der Waals surface area contributed by atoms with Crippen LogP contribution < -0.4 is 5.32 Å². The van der Waals surface area contributed by atoms with E-state index in [4.69, 9.17) is 0 Å². The Kier molecular flexibility index (Phi) is 1.92. The Labute approximate surface area is 87.4 Å². The first-order valence-electron chi connectivity index (χ1n) is 3.86. The van der Waals surface area contributed by atoms with Crippen molar-refractivity contribution >= 4 is 33.3 Å². The van der Waals surface area contributed by atoms with E-state index in [0.29, 0.717) is 5.56 Å². The second-order valence-corrected chi connectivity index (χ2v) is 3.88. The number of ketones is 1. The molecule has 1 aliphatic heterocycles. The number of anilines is 1. The highest BCUT2D eigenvalue weighted by molar-refractivity contribution is 9.10. The van der Waals surface area contributed by atoms with Gasteiger partial charge in [0.05, 0.1) is 15.7 Å². The van der Waals surface area contributed by atoms with Crippen molar-refractivity contribution in [1.82, 2.24) is 0 Å². The van der Waals surface area contributed by atoms with Crippen molar-refractivity contribution in [1.29, 1.82) is 0 Å². The van der Waals surface area contributed by atoms with E-state index in [9.17, 15) is 14.0 Å². The molecule has 1 N–H and O–H groups in total. The van der Waals surface area contributed by atoms with Crippen LogP contribution in [0.1, 0.15) is 15.9 Å². The third-order valence-electron chi connectivity index (χ3n) is 2.09. The summed E-state index contributed by atoms with van der Waals surface area (Å²) in [5.74, 6) is -2.28. The van der Waals surface area contributed by atoms with Crippen LogP contribution in [-0.2, 0) is 4.79 Å². The lowest BCUT2D eigenvalue weighted by atomic mass is 10.1. The van der Waals surface area contributed by atoms with Gasteiger partial charge in [0.2, 0.25) is 0 Å². The number of fused-ring (bicyclic) bond motifs is 1. The topological polar surface area (TPSA) is 46.2 Å². The van der Waals surface area contributed by atoms with Crippen molar-refractivity contribution in [2.45, 2.75) is 6.92 Å². The Hall–Kier alpha value is -1.23. The van der Waals surface area contributed by atoms with E-state index >= 15 is 0 Å². The molecule has 0 aromatic heterocycles. The third kappa shape index (κ3) is 1.09. The molecule has 5 heteroatoms. The van der Waals surface area contributed by atoms with Crippen molar-refractivity contribution in [3.8, 4) is 0 Å². The first-order valence-corrected chi connectivity index (χ1v) is 4.66. The van der Waals surface area contributed by atoms with E-state index < -0.39 is 17.5 Å². The van der Waals surface area contributed by atoms with Crippen LogP contribution in [0.25, 0.3) is 0 Å². The number of nitrogens with one attached hydrogen (secondary N) is 1. The van der Waals surface area contributed by atoms with Gasteiger partial charge in [-0.1, -0.05) is 0 Å². The van der Waals surface area contributed by atoms with Crippen LogP contribution in [-0.4, -0.2) is 11.7 Å². The maximum atomic E-state index is 13.4. The third-order valence-corrected chi connectivity index (χ3v) is 2.67. The van der Waals surface area contributed by atoms with Gasteiger partial charge in [0, 0.05) is 0 Å². The summed E-state index contributed by atoms with van der Waals surface area (Å²) < 4.78 is 13.6. The standard InChI is InChI=1S/C9H5BrFNO2/c1-3-2-4(10)6(11)5-7(3)12-9(14)8(5)13/h2H,1H3,(H,12,13,14). The average molecular weight is 258 g/mol. The molecule has 0 radical (unpaired) electrons. The summed E-state index contributed by atoms with van der Waals surface area (Å²) in [5, 5.41) is 2.33. The Morgan fingerprint density at radius 2 is 2.07 bits per heavy atom. The lowest BCUT2D eigenvalue weighted by Crippen LogP contribution is -2.13. The van der Waals surface area contributed by atoms with Gasteiger partial charge < -0.3 is 5.32 Å². The van der Waals surface area contributed by atoms with E-state index in [2.05, 4.69) is 21.2 Å². The minimum absolute atomic E-state index is 0.165. The maximum absolute atomic E-state index is 13.4. The number of hydrogen-bond donors (Lipinski definition) is 1. The normalized spacial score (nSPS) is 14.2. The molecule has 0 atom stereocenters. The fourth-order valence-corrected chi connectivity index (χ4v) is 1.95. The van der Waals surface area contributed by atoms with Gasteiger partial charge >= 0.3 is 0 Å². The second kappa shape index (κ2) is 2.88. The lowest BCUT2D eigenvalue weighted by Gasteiger charge is -2.04. The van der Waals surface area contributed by atoms with Crippen molar-refractivity contribution in [2.24, 2.45) is 0 Å². The fraction of sp³-hybridized carbons (Fsp3) is 0.111. The number of Topliss-reactive ketones (excluding diaryl/α,β-unsaturated/α-hetero) is 1. The predicted molar refractivity (Wildman–Crippen MR) is 51.8 cm³/mol. The summed E-state index contributed by atoms with van der Waals surface area (Å²) in [7, 11) is 0. The summed E-state index contributed by atoms with van der Waals surface area (Å²) in [6.45, 7) is 1.70. The molecule has 1 aliphatic rings. The molecule has 1 aromatic carbocycles. The highest BCUT2D eigenvalue weighted by Crippen LogP contribution is 2.33. The van der Waals surface area contributed by atoms with Crippen molar-refractivity contribution < 1.29 is 14.0 Å². The SMILES string of the molecule is Cc1cc(Br)c(F)c2c1NC(=O)C2=O. The Morgan fingerprint density at radius 1 is 1.43 bits per heavy atom. The molecule has 1 heterocycles. The molecule has 2 rings (SSSR count). The van der Waals surface area contributed by atoms with E-state index in [1.54, 1.807) is 6.92 Å². The van der Waals surface area contributed by atoms with Gasteiger partial charge in [-0.05, 0) is 34.5 Å². The first-order chi connectivity index (χ1) is 6.52.